The predicted octanol–water partition coefficient (Wildman–Crippen LogP) is 3.78. The number of thiol groups is 2. The summed E-state index contributed by atoms with van der Waals surface area (Å²) in [4.78, 5) is 0. The van der Waals surface area contributed by atoms with E-state index in [9.17, 15) is 0 Å². The SMILES string of the molecule is COc1ccc(/C=C/C(CS)NCCNC(/C=C/c2ccc(N)cc2)CS)cc1. The maximum atomic E-state index is 5.72. The number of methoxy groups -OCH3 is 1. The van der Waals surface area contributed by atoms with Crippen molar-refractivity contribution in [2.45, 2.75) is 12.1 Å². The van der Waals surface area contributed by atoms with E-state index in [1.165, 1.54) is 0 Å². The van der Waals surface area contributed by atoms with Crippen LogP contribution in [-0.4, -0.2) is 43.8 Å². The molecule has 0 radical (unpaired) electrons. The molecule has 0 aromatic heterocycles. The molecule has 2 rings (SSSR count). The molecule has 4 N–H and O–H groups in total. The highest BCUT2D eigenvalue weighted by atomic mass is 32.1. The number of nitrogens with one attached hydrogen (secondary N) is 2. The summed E-state index contributed by atoms with van der Waals surface area (Å²) in [5, 5.41) is 7.01. The van der Waals surface area contributed by atoms with Gasteiger partial charge in [0.2, 0.25) is 0 Å². The molecule has 0 aliphatic carbocycles. The first-order chi connectivity index (χ1) is 14.1. The molecular formula is C23H31N3OS2. The molecule has 0 amide bonds. The Bertz CT molecular complexity index is 761. The van der Waals surface area contributed by atoms with E-state index >= 15 is 0 Å². The number of hydrogen-bond acceptors (Lipinski definition) is 6. The lowest BCUT2D eigenvalue weighted by Gasteiger charge is -2.16. The number of nitrogens with two attached hydrogens (primary N) is 1. The molecule has 29 heavy (non-hydrogen) atoms. The van der Waals surface area contributed by atoms with Crippen molar-refractivity contribution in [2.75, 3.05) is 37.4 Å². The zero-order chi connectivity index (χ0) is 20.9. The molecule has 2 atom stereocenters. The molecule has 0 saturated heterocycles. The lowest BCUT2D eigenvalue weighted by Crippen LogP contribution is -2.38. The average Bonchev–Trinajstić information content (AvgIpc) is 2.76. The van der Waals surface area contributed by atoms with Crippen LogP contribution in [0.4, 0.5) is 5.69 Å². The van der Waals surface area contributed by atoms with E-state index < -0.39 is 0 Å². The fourth-order valence-electron chi connectivity index (χ4n) is 2.68. The molecule has 156 valence electrons. The van der Waals surface area contributed by atoms with Gasteiger partial charge in [0.1, 0.15) is 5.75 Å². The van der Waals surface area contributed by atoms with Crippen molar-refractivity contribution in [2.24, 2.45) is 0 Å². The molecule has 0 fully saturated rings. The molecule has 2 aromatic rings. The van der Waals surface area contributed by atoms with Gasteiger partial charge in [0.05, 0.1) is 7.11 Å². The fraction of sp³-hybridized carbons (Fsp3) is 0.304. The summed E-state index contributed by atoms with van der Waals surface area (Å²) in [6.07, 6.45) is 8.48. The van der Waals surface area contributed by atoms with Crippen LogP contribution in [-0.2, 0) is 0 Å². The molecule has 0 bridgehead atoms. The first-order valence-corrected chi connectivity index (χ1v) is 11.0. The predicted molar refractivity (Wildman–Crippen MR) is 133 cm³/mol. The second-order valence-corrected chi connectivity index (χ2v) is 7.37. The molecule has 0 aliphatic rings. The summed E-state index contributed by atoms with van der Waals surface area (Å²) in [6, 6.07) is 16.3. The van der Waals surface area contributed by atoms with Crippen molar-refractivity contribution < 1.29 is 4.74 Å². The molecule has 0 saturated carbocycles. The Labute approximate surface area is 185 Å². The topological polar surface area (TPSA) is 59.3 Å². The minimum Gasteiger partial charge on any atom is -0.497 e. The van der Waals surface area contributed by atoms with Crippen LogP contribution in [0.5, 0.6) is 5.75 Å². The molecule has 2 unspecified atom stereocenters. The monoisotopic (exact) mass is 429 g/mol. The number of anilines is 1. The fourth-order valence-corrected chi connectivity index (χ4v) is 3.18. The lowest BCUT2D eigenvalue weighted by molar-refractivity contribution is 0.415. The van der Waals surface area contributed by atoms with E-state index in [0.717, 1.165) is 47.2 Å². The van der Waals surface area contributed by atoms with Crippen molar-refractivity contribution in [3.05, 3.63) is 71.8 Å². The number of hydrogen-bond donors (Lipinski definition) is 5. The number of nitrogen functional groups attached to an aromatic ring is 1. The van der Waals surface area contributed by atoms with E-state index in [0.29, 0.717) is 0 Å². The van der Waals surface area contributed by atoms with Crippen molar-refractivity contribution >= 4 is 43.1 Å². The Kier molecular flexibility index (Phi) is 10.8. The standard InChI is InChI=1S/C23H31N3OS2/c1-27-23-12-6-19(7-13-23)5-11-22(17-29)26-15-14-25-21(16-28)10-4-18-2-8-20(24)9-3-18/h2-13,21-22,25-26,28-29H,14-17,24H2,1H3/b10-4+,11-5+. The zero-order valence-corrected chi connectivity index (χ0v) is 18.6. The van der Waals surface area contributed by atoms with Gasteiger partial charge in [-0.2, -0.15) is 25.3 Å². The van der Waals surface area contributed by atoms with Gasteiger partial charge in [0.15, 0.2) is 0 Å². The molecular weight excluding hydrogens is 398 g/mol. The maximum Gasteiger partial charge on any atom is 0.118 e. The van der Waals surface area contributed by atoms with Gasteiger partial charge in [-0.1, -0.05) is 48.6 Å². The molecule has 0 spiro atoms. The summed E-state index contributed by atoms with van der Waals surface area (Å²) >= 11 is 8.89. The molecule has 4 nitrogen and oxygen atoms in total. The zero-order valence-electron chi connectivity index (χ0n) is 16.8. The van der Waals surface area contributed by atoms with Gasteiger partial charge >= 0.3 is 0 Å². The summed E-state index contributed by atoms with van der Waals surface area (Å²) in [7, 11) is 1.67. The van der Waals surface area contributed by atoms with Crippen LogP contribution in [0.2, 0.25) is 0 Å². The van der Waals surface area contributed by atoms with Crippen molar-refractivity contribution in [1.29, 1.82) is 0 Å². The van der Waals surface area contributed by atoms with Crippen LogP contribution in [0.25, 0.3) is 12.2 Å². The highest BCUT2D eigenvalue weighted by Crippen LogP contribution is 2.12. The summed E-state index contributed by atoms with van der Waals surface area (Å²) < 4.78 is 5.19. The highest BCUT2D eigenvalue weighted by Gasteiger charge is 2.04. The van der Waals surface area contributed by atoms with E-state index in [1.807, 2.05) is 48.5 Å². The lowest BCUT2D eigenvalue weighted by atomic mass is 10.1. The molecule has 6 heteroatoms. The summed E-state index contributed by atoms with van der Waals surface area (Å²) in [5.41, 5.74) is 8.76. The van der Waals surface area contributed by atoms with E-state index in [2.05, 4.69) is 60.2 Å². The average molecular weight is 430 g/mol. The van der Waals surface area contributed by atoms with Crippen molar-refractivity contribution in [3.8, 4) is 5.75 Å². The van der Waals surface area contributed by atoms with E-state index in [4.69, 9.17) is 10.5 Å². The van der Waals surface area contributed by atoms with E-state index in [1.54, 1.807) is 7.11 Å². The third-order valence-corrected chi connectivity index (χ3v) is 5.21. The number of benzene rings is 2. The Morgan fingerprint density at radius 2 is 1.28 bits per heavy atom. The maximum absolute atomic E-state index is 5.72. The molecule has 0 aliphatic heterocycles. The Hall–Kier alpha value is -1.86. The van der Waals surface area contributed by atoms with Crippen LogP contribution in [0, 0.1) is 0 Å². The minimum atomic E-state index is 0.210. The van der Waals surface area contributed by atoms with Crippen molar-refractivity contribution in [3.63, 3.8) is 0 Å². The second kappa shape index (κ2) is 13.4. The van der Waals surface area contributed by atoms with Gasteiger partial charge in [-0.25, -0.2) is 0 Å². The smallest absolute Gasteiger partial charge is 0.118 e. The summed E-state index contributed by atoms with van der Waals surface area (Å²) in [6.45, 7) is 1.69. The molecule has 2 aromatic carbocycles. The van der Waals surface area contributed by atoms with Gasteiger partial charge in [-0.3, -0.25) is 0 Å². The largest absolute Gasteiger partial charge is 0.497 e. The first-order valence-electron chi connectivity index (χ1n) is 9.69. The van der Waals surface area contributed by atoms with Crippen molar-refractivity contribution in [1.82, 2.24) is 10.6 Å². The van der Waals surface area contributed by atoms with Crippen LogP contribution in [0.15, 0.2) is 60.7 Å². The van der Waals surface area contributed by atoms with Gasteiger partial charge < -0.3 is 21.1 Å². The summed E-state index contributed by atoms with van der Waals surface area (Å²) in [5.74, 6) is 2.33. The van der Waals surface area contributed by atoms with Gasteiger partial charge in [-0.15, -0.1) is 0 Å². The number of ether oxygens (including phenoxy) is 1. The van der Waals surface area contributed by atoms with Crippen LogP contribution >= 0.6 is 25.3 Å². The Morgan fingerprint density at radius 1 is 0.828 bits per heavy atom. The van der Waals surface area contributed by atoms with Crippen LogP contribution < -0.4 is 21.1 Å². The normalized spacial score (nSPS) is 13.8. The highest BCUT2D eigenvalue weighted by molar-refractivity contribution is 7.80. The van der Waals surface area contributed by atoms with Gasteiger partial charge in [0.25, 0.3) is 0 Å². The quantitative estimate of drug-likeness (QED) is 0.202. The molecule has 0 heterocycles. The first kappa shape index (κ1) is 23.4. The van der Waals surface area contributed by atoms with Gasteiger partial charge in [0, 0.05) is 42.4 Å². The van der Waals surface area contributed by atoms with E-state index in [-0.39, 0.29) is 12.1 Å². The Balaban J connectivity index is 1.74. The third-order valence-electron chi connectivity index (χ3n) is 4.43. The number of rotatable bonds is 12. The second-order valence-electron chi connectivity index (χ2n) is 6.64. The van der Waals surface area contributed by atoms with Crippen LogP contribution in [0.3, 0.4) is 0 Å². The minimum absolute atomic E-state index is 0.210. The third kappa shape index (κ3) is 9.00. The van der Waals surface area contributed by atoms with Crippen LogP contribution in [0.1, 0.15) is 11.1 Å². The van der Waals surface area contributed by atoms with Gasteiger partial charge in [-0.05, 0) is 35.4 Å². The Morgan fingerprint density at radius 3 is 1.69 bits per heavy atom.